The van der Waals surface area contributed by atoms with Crippen LogP contribution < -0.4 is 10.6 Å². The predicted molar refractivity (Wildman–Crippen MR) is 80.8 cm³/mol. The van der Waals surface area contributed by atoms with Crippen molar-refractivity contribution >= 4 is 33.3 Å². The van der Waals surface area contributed by atoms with Crippen molar-refractivity contribution in [1.29, 1.82) is 0 Å². The molecule has 0 saturated carbocycles. The highest BCUT2D eigenvalue weighted by Crippen LogP contribution is 2.20. The number of benzene rings is 1. The van der Waals surface area contributed by atoms with E-state index in [1.165, 1.54) is 6.20 Å². The van der Waals surface area contributed by atoms with Crippen LogP contribution in [-0.2, 0) is 6.54 Å². The molecule has 0 atom stereocenters. The molecule has 3 N–H and O–H groups in total. The van der Waals surface area contributed by atoms with Gasteiger partial charge in [-0.1, -0.05) is 15.9 Å². The van der Waals surface area contributed by atoms with Crippen molar-refractivity contribution in [3.63, 3.8) is 0 Å². The average molecular weight is 339 g/mol. The fraction of sp³-hybridized carbons (Fsp3) is 0.231. The van der Waals surface area contributed by atoms with Crippen LogP contribution in [0.3, 0.4) is 0 Å². The van der Waals surface area contributed by atoms with E-state index < -0.39 is 0 Å². The molecule has 0 aliphatic heterocycles. The third kappa shape index (κ3) is 3.82. The molecule has 1 aromatic carbocycles. The van der Waals surface area contributed by atoms with Crippen LogP contribution in [0.2, 0.25) is 0 Å². The van der Waals surface area contributed by atoms with Crippen LogP contribution in [0.25, 0.3) is 0 Å². The van der Waals surface area contributed by atoms with Gasteiger partial charge in [-0.15, -0.1) is 0 Å². The Morgan fingerprint density at radius 2 is 2.25 bits per heavy atom. The molecule has 106 valence electrons. The zero-order valence-electron chi connectivity index (χ0n) is 10.9. The normalized spacial score (nSPS) is 10.3. The number of nitrogens with zero attached hydrogens (tertiary/aromatic N) is 2. The van der Waals surface area contributed by atoms with E-state index in [0.717, 1.165) is 15.7 Å². The summed E-state index contributed by atoms with van der Waals surface area (Å²) in [5.74, 6) is 0. The second-order valence-corrected chi connectivity index (χ2v) is 5.17. The van der Waals surface area contributed by atoms with Gasteiger partial charge in [0, 0.05) is 16.4 Å². The molecule has 2 aromatic rings. The van der Waals surface area contributed by atoms with Crippen LogP contribution in [0.5, 0.6) is 0 Å². The van der Waals surface area contributed by atoms with Crippen LogP contribution in [0.1, 0.15) is 5.56 Å². The number of hydrogen-bond acceptors (Lipinski definition) is 3. The molecular formula is C13H15BrN4O2. The zero-order valence-corrected chi connectivity index (χ0v) is 12.5. The van der Waals surface area contributed by atoms with E-state index in [1.54, 1.807) is 10.9 Å². The molecule has 0 bridgehead atoms. The molecule has 0 spiro atoms. The zero-order chi connectivity index (χ0) is 14.5. The van der Waals surface area contributed by atoms with Crippen molar-refractivity contribution in [2.45, 2.75) is 13.5 Å². The van der Waals surface area contributed by atoms with Crippen molar-refractivity contribution in [2.75, 3.05) is 17.2 Å². The number of halogens is 1. The van der Waals surface area contributed by atoms with Gasteiger partial charge in [-0.05, 0) is 30.7 Å². The summed E-state index contributed by atoms with van der Waals surface area (Å²) in [5, 5.41) is 18.3. The summed E-state index contributed by atoms with van der Waals surface area (Å²) in [6, 6.07) is 5.28. The maximum atomic E-state index is 11.9. The van der Waals surface area contributed by atoms with Gasteiger partial charge in [0.15, 0.2) is 0 Å². The summed E-state index contributed by atoms with van der Waals surface area (Å²) < 4.78 is 2.52. The van der Waals surface area contributed by atoms with Gasteiger partial charge in [0.05, 0.1) is 25.0 Å². The Labute approximate surface area is 124 Å². The maximum absolute atomic E-state index is 11.9. The quantitative estimate of drug-likeness (QED) is 0.801. The highest BCUT2D eigenvalue weighted by Gasteiger charge is 2.06. The number of urea groups is 1. The number of anilines is 2. The second kappa shape index (κ2) is 6.53. The number of carbonyl (C=O) groups is 1. The lowest BCUT2D eigenvalue weighted by atomic mass is 10.2. The summed E-state index contributed by atoms with van der Waals surface area (Å²) in [6.45, 7) is 2.32. The number of rotatable bonds is 4. The van der Waals surface area contributed by atoms with E-state index in [4.69, 9.17) is 5.11 Å². The first-order chi connectivity index (χ1) is 9.58. The van der Waals surface area contributed by atoms with Crippen LogP contribution in [0.15, 0.2) is 35.1 Å². The molecule has 0 unspecified atom stereocenters. The van der Waals surface area contributed by atoms with E-state index in [0.29, 0.717) is 12.2 Å². The van der Waals surface area contributed by atoms with Crippen molar-refractivity contribution < 1.29 is 9.90 Å². The van der Waals surface area contributed by atoms with Crippen molar-refractivity contribution in [1.82, 2.24) is 9.78 Å². The summed E-state index contributed by atoms with van der Waals surface area (Å²) in [4.78, 5) is 11.9. The third-order valence-electron chi connectivity index (χ3n) is 2.66. The average Bonchev–Trinajstić information content (AvgIpc) is 2.81. The summed E-state index contributed by atoms with van der Waals surface area (Å²) in [6.07, 6.45) is 3.19. The van der Waals surface area contributed by atoms with Gasteiger partial charge in [0.25, 0.3) is 0 Å². The Hall–Kier alpha value is -1.86. The number of nitrogens with one attached hydrogen (secondary N) is 2. The van der Waals surface area contributed by atoms with E-state index in [-0.39, 0.29) is 12.6 Å². The summed E-state index contributed by atoms with van der Waals surface area (Å²) >= 11 is 3.37. The first-order valence-corrected chi connectivity index (χ1v) is 6.85. The molecule has 0 aliphatic rings. The molecule has 2 amide bonds. The molecule has 20 heavy (non-hydrogen) atoms. The molecule has 2 rings (SSSR count). The Morgan fingerprint density at radius 3 is 2.95 bits per heavy atom. The highest BCUT2D eigenvalue weighted by atomic mass is 79.9. The lowest BCUT2D eigenvalue weighted by Crippen LogP contribution is -2.19. The van der Waals surface area contributed by atoms with E-state index in [2.05, 4.69) is 31.7 Å². The van der Waals surface area contributed by atoms with Gasteiger partial charge >= 0.3 is 6.03 Å². The SMILES string of the molecule is Cc1cc(Br)ccc1NC(=O)Nc1cnn(CCO)c1. The fourth-order valence-corrected chi connectivity index (χ4v) is 2.18. The number of aromatic nitrogens is 2. The Balaban J connectivity index is 1.97. The number of hydrogen-bond donors (Lipinski definition) is 3. The van der Waals surface area contributed by atoms with Gasteiger partial charge in [-0.2, -0.15) is 5.10 Å². The lowest BCUT2D eigenvalue weighted by Gasteiger charge is -2.09. The van der Waals surface area contributed by atoms with Crippen molar-refractivity contribution in [3.8, 4) is 0 Å². The van der Waals surface area contributed by atoms with Crippen LogP contribution in [0, 0.1) is 6.92 Å². The molecule has 1 heterocycles. The first kappa shape index (κ1) is 14.5. The van der Waals surface area contributed by atoms with Crippen molar-refractivity contribution in [3.05, 3.63) is 40.6 Å². The highest BCUT2D eigenvalue weighted by molar-refractivity contribution is 9.10. The van der Waals surface area contributed by atoms with E-state index >= 15 is 0 Å². The molecule has 0 saturated heterocycles. The minimum Gasteiger partial charge on any atom is -0.394 e. The topological polar surface area (TPSA) is 79.2 Å². The van der Waals surface area contributed by atoms with E-state index in [1.807, 2.05) is 25.1 Å². The minimum atomic E-state index is -0.334. The summed E-state index contributed by atoms with van der Waals surface area (Å²) in [5.41, 5.74) is 2.28. The molecule has 7 heteroatoms. The summed E-state index contributed by atoms with van der Waals surface area (Å²) in [7, 11) is 0. The molecule has 0 aliphatic carbocycles. The molecular weight excluding hydrogens is 324 g/mol. The predicted octanol–water partition coefficient (Wildman–Crippen LogP) is 2.59. The number of aryl methyl sites for hydroxylation is 1. The van der Waals surface area contributed by atoms with Gasteiger partial charge in [-0.25, -0.2) is 4.79 Å². The first-order valence-electron chi connectivity index (χ1n) is 6.06. The minimum absolute atomic E-state index is 0.00536. The lowest BCUT2D eigenvalue weighted by molar-refractivity contribution is 0.262. The van der Waals surface area contributed by atoms with Crippen LogP contribution >= 0.6 is 15.9 Å². The van der Waals surface area contributed by atoms with Crippen LogP contribution in [-0.4, -0.2) is 27.5 Å². The third-order valence-corrected chi connectivity index (χ3v) is 3.15. The number of carbonyl (C=O) groups excluding carboxylic acids is 1. The monoisotopic (exact) mass is 338 g/mol. The van der Waals surface area contributed by atoms with Gasteiger partial charge in [-0.3, -0.25) is 4.68 Å². The molecule has 6 nitrogen and oxygen atoms in total. The second-order valence-electron chi connectivity index (χ2n) is 4.25. The smallest absolute Gasteiger partial charge is 0.323 e. The van der Waals surface area contributed by atoms with Crippen LogP contribution in [0.4, 0.5) is 16.2 Å². The van der Waals surface area contributed by atoms with E-state index in [9.17, 15) is 4.79 Å². The number of amides is 2. The Bertz CT molecular complexity index is 612. The Morgan fingerprint density at radius 1 is 1.45 bits per heavy atom. The maximum Gasteiger partial charge on any atom is 0.323 e. The molecule has 0 radical (unpaired) electrons. The van der Waals surface area contributed by atoms with Gasteiger partial charge in [0.1, 0.15) is 0 Å². The standard InChI is InChI=1S/C13H15BrN4O2/c1-9-6-10(14)2-3-12(9)17-13(20)16-11-7-15-18(8-11)4-5-19/h2-3,6-8,19H,4-5H2,1H3,(H2,16,17,20). The van der Waals surface area contributed by atoms with Crippen molar-refractivity contribution in [2.24, 2.45) is 0 Å². The Kier molecular flexibility index (Phi) is 4.75. The molecule has 0 fully saturated rings. The number of aliphatic hydroxyl groups excluding tert-OH is 1. The fourth-order valence-electron chi connectivity index (χ4n) is 1.70. The largest absolute Gasteiger partial charge is 0.394 e. The van der Waals surface area contributed by atoms with Gasteiger partial charge in [0.2, 0.25) is 0 Å². The number of aliphatic hydroxyl groups is 1. The van der Waals surface area contributed by atoms with Gasteiger partial charge < -0.3 is 15.7 Å². The molecule has 1 aromatic heterocycles.